The van der Waals surface area contributed by atoms with Crippen molar-refractivity contribution in [2.24, 2.45) is 0 Å². The molecule has 0 spiro atoms. The van der Waals surface area contributed by atoms with Crippen molar-refractivity contribution in [3.8, 4) is 0 Å². The number of benzene rings is 2. The first-order valence-corrected chi connectivity index (χ1v) is 8.54. The molecule has 0 atom stereocenters. The second-order valence-corrected chi connectivity index (χ2v) is 6.07. The first-order valence-electron chi connectivity index (χ1n) is 8.54. The molecule has 26 heavy (non-hydrogen) atoms. The van der Waals surface area contributed by atoms with Crippen LogP contribution in [0.1, 0.15) is 16.2 Å². The molecule has 4 rings (SSSR count). The van der Waals surface area contributed by atoms with Gasteiger partial charge in [-0.15, -0.1) is 10.2 Å². The van der Waals surface area contributed by atoms with Gasteiger partial charge in [-0.25, -0.2) is 0 Å². The summed E-state index contributed by atoms with van der Waals surface area (Å²) in [7, 11) is 0. The van der Waals surface area contributed by atoms with Crippen molar-refractivity contribution in [2.75, 3.05) is 18.4 Å². The fourth-order valence-electron chi connectivity index (χ4n) is 3.06. The molecule has 0 aliphatic rings. The summed E-state index contributed by atoms with van der Waals surface area (Å²) < 4.78 is 1.81. The molecule has 0 aliphatic carbocycles. The largest absolute Gasteiger partial charge is 0.383 e. The van der Waals surface area contributed by atoms with Crippen molar-refractivity contribution in [3.05, 3.63) is 72.2 Å². The number of fused-ring (bicyclic) bond motifs is 2. The summed E-state index contributed by atoms with van der Waals surface area (Å²) in [4.78, 5) is 12.5. The van der Waals surface area contributed by atoms with Crippen LogP contribution in [0.25, 0.3) is 16.4 Å². The Hall–Kier alpha value is -3.41. The maximum atomic E-state index is 12.5. The summed E-state index contributed by atoms with van der Waals surface area (Å²) in [5, 5.41) is 16.8. The van der Waals surface area contributed by atoms with Crippen LogP contribution >= 0.6 is 0 Å². The first kappa shape index (κ1) is 16.1. The van der Waals surface area contributed by atoms with E-state index in [4.69, 9.17) is 0 Å². The van der Waals surface area contributed by atoms with Crippen LogP contribution in [0.5, 0.6) is 0 Å². The zero-order chi connectivity index (χ0) is 17.9. The monoisotopic (exact) mass is 345 g/mol. The molecule has 2 aromatic heterocycles. The maximum absolute atomic E-state index is 12.5. The molecular formula is C20H19N5O. The number of anilines is 1. The fourth-order valence-corrected chi connectivity index (χ4v) is 3.06. The predicted octanol–water partition coefficient (Wildman–Crippen LogP) is 3.03. The van der Waals surface area contributed by atoms with E-state index in [0.29, 0.717) is 24.3 Å². The molecule has 6 nitrogen and oxygen atoms in total. The summed E-state index contributed by atoms with van der Waals surface area (Å²) >= 11 is 0. The Morgan fingerprint density at radius 1 is 1.00 bits per heavy atom. The van der Waals surface area contributed by atoms with E-state index in [1.54, 1.807) is 6.07 Å². The minimum Gasteiger partial charge on any atom is -0.383 e. The molecule has 0 bridgehead atoms. The van der Waals surface area contributed by atoms with Crippen molar-refractivity contribution in [2.45, 2.75) is 6.92 Å². The number of hydrogen-bond donors (Lipinski definition) is 2. The molecule has 0 fully saturated rings. The Labute approximate surface area is 150 Å². The molecule has 0 aliphatic heterocycles. The summed E-state index contributed by atoms with van der Waals surface area (Å²) in [6.07, 6.45) is 1.85. The van der Waals surface area contributed by atoms with Crippen molar-refractivity contribution >= 4 is 28.0 Å². The van der Waals surface area contributed by atoms with Gasteiger partial charge >= 0.3 is 0 Å². The smallest absolute Gasteiger partial charge is 0.255 e. The van der Waals surface area contributed by atoms with E-state index in [-0.39, 0.29) is 5.91 Å². The van der Waals surface area contributed by atoms with Crippen LogP contribution in [0.3, 0.4) is 0 Å². The third kappa shape index (κ3) is 2.97. The second kappa shape index (κ2) is 6.84. The van der Waals surface area contributed by atoms with Gasteiger partial charge in [0.15, 0.2) is 5.65 Å². The topological polar surface area (TPSA) is 71.3 Å². The summed E-state index contributed by atoms with van der Waals surface area (Å²) in [6, 6.07) is 18.0. The van der Waals surface area contributed by atoms with E-state index < -0.39 is 0 Å². The number of nitrogens with zero attached hydrogens (tertiary/aromatic N) is 3. The van der Waals surface area contributed by atoms with Crippen LogP contribution in [0.15, 0.2) is 60.8 Å². The van der Waals surface area contributed by atoms with E-state index in [0.717, 1.165) is 11.5 Å². The van der Waals surface area contributed by atoms with Crippen LogP contribution in [-0.4, -0.2) is 33.6 Å². The molecule has 2 aromatic carbocycles. The van der Waals surface area contributed by atoms with Gasteiger partial charge in [0, 0.05) is 30.4 Å². The average molecular weight is 345 g/mol. The predicted molar refractivity (Wildman–Crippen MR) is 102 cm³/mol. The highest BCUT2D eigenvalue weighted by atomic mass is 16.1. The van der Waals surface area contributed by atoms with E-state index >= 15 is 0 Å². The lowest BCUT2D eigenvalue weighted by Gasteiger charge is -2.11. The Morgan fingerprint density at radius 3 is 2.77 bits per heavy atom. The Bertz CT molecular complexity index is 1080. The number of carbonyl (C=O) groups is 1. The number of nitrogens with one attached hydrogen (secondary N) is 2. The summed E-state index contributed by atoms with van der Waals surface area (Å²) in [5.74, 6) is 0.606. The molecular weight excluding hydrogens is 326 g/mol. The second-order valence-electron chi connectivity index (χ2n) is 6.07. The van der Waals surface area contributed by atoms with E-state index in [1.807, 2.05) is 47.9 Å². The normalized spacial score (nSPS) is 11.0. The van der Waals surface area contributed by atoms with Crippen LogP contribution in [0, 0.1) is 6.92 Å². The summed E-state index contributed by atoms with van der Waals surface area (Å²) in [5.41, 5.74) is 2.16. The molecule has 0 radical (unpaired) electrons. The van der Waals surface area contributed by atoms with Crippen molar-refractivity contribution < 1.29 is 4.79 Å². The molecule has 0 saturated heterocycles. The van der Waals surface area contributed by atoms with Crippen molar-refractivity contribution in [3.63, 3.8) is 0 Å². The number of aromatic nitrogens is 3. The van der Waals surface area contributed by atoms with Crippen molar-refractivity contribution in [1.82, 2.24) is 19.9 Å². The Balaban J connectivity index is 1.40. The van der Waals surface area contributed by atoms with Gasteiger partial charge in [0.05, 0.1) is 5.56 Å². The first-order chi connectivity index (χ1) is 12.7. The molecule has 2 heterocycles. The number of amides is 1. The van der Waals surface area contributed by atoms with Crippen LogP contribution in [-0.2, 0) is 0 Å². The lowest BCUT2D eigenvalue weighted by molar-refractivity contribution is 0.0956. The van der Waals surface area contributed by atoms with Gasteiger partial charge in [-0.05, 0) is 30.5 Å². The standard InChI is InChI=1S/C20H19N5O/c1-14-23-24-19-17(9-5-13-25(14)19)20(26)22-12-11-21-18-10-4-7-15-6-2-3-8-16(15)18/h2-10,13,21H,11-12H2,1H3,(H,22,26). The van der Waals surface area contributed by atoms with E-state index in [1.165, 1.54) is 10.8 Å². The van der Waals surface area contributed by atoms with Gasteiger partial charge in [0.1, 0.15) is 5.82 Å². The molecule has 130 valence electrons. The quantitative estimate of drug-likeness (QED) is 0.546. The Kier molecular flexibility index (Phi) is 4.23. The fraction of sp³-hybridized carbons (Fsp3) is 0.150. The number of aryl methyl sites for hydroxylation is 1. The zero-order valence-electron chi connectivity index (χ0n) is 14.4. The van der Waals surface area contributed by atoms with Gasteiger partial charge in [0.2, 0.25) is 0 Å². The Morgan fingerprint density at radius 2 is 1.85 bits per heavy atom. The number of rotatable bonds is 5. The van der Waals surface area contributed by atoms with Gasteiger partial charge in [-0.1, -0.05) is 36.4 Å². The third-order valence-electron chi connectivity index (χ3n) is 4.37. The molecule has 0 unspecified atom stereocenters. The molecule has 0 saturated carbocycles. The number of hydrogen-bond acceptors (Lipinski definition) is 4. The van der Waals surface area contributed by atoms with Gasteiger partial charge in [-0.3, -0.25) is 9.20 Å². The van der Waals surface area contributed by atoms with Gasteiger partial charge in [-0.2, -0.15) is 0 Å². The van der Waals surface area contributed by atoms with E-state index in [9.17, 15) is 4.79 Å². The zero-order valence-corrected chi connectivity index (χ0v) is 14.4. The highest BCUT2D eigenvalue weighted by Gasteiger charge is 2.12. The summed E-state index contributed by atoms with van der Waals surface area (Å²) in [6.45, 7) is 3.00. The number of pyridine rings is 1. The maximum Gasteiger partial charge on any atom is 0.255 e. The lowest BCUT2D eigenvalue weighted by Crippen LogP contribution is -2.29. The van der Waals surface area contributed by atoms with Crippen molar-refractivity contribution in [1.29, 1.82) is 0 Å². The third-order valence-corrected chi connectivity index (χ3v) is 4.37. The van der Waals surface area contributed by atoms with Crippen LogP contribution in [0.2, 0.25) is 0 Å². The lowest BCUT2D eigenvalue weighted by atomic mass is 10.1. The van der Waals surface area contributed by atoms with Gasteiger partial charge in [0.25, 0.3) is 5.91 Å². The minimum absolute atomic E-state index is 0.150. The molecule has 6 heteroatoms. The van der Waals surface area contributed by atoms with E-state index in [2.05, 4.69) is 39.0 Å². The van der Waals surface area contributed by atoms with Gasteiger partial charge < -0.3 is 10.6 Å². The van der Waals surface area contributed by atoms with Crippen LogP contribution < -0.4 is 10.6 Å². The van der Waals surface area contributed by atoms with Crippen LogP contribution in [0.4, 0.5) is 5.69 Å². The SMILES string of the molecule is Cc1nnc2c(C(=O)NCCNc3cccc4ccccc34)cccn12. The highest BCUT2D eigenvalue weighted by molar-refractivity contribution is 5.99. The molecule has 2 N–H and O–H groups in total. The average Bonchev–Trinajstić information content (AvgIpc) is 3.06. The molecule has 1 amide bonds. The molecule has 4 aromatic rings. The minimum atomic E-state index is -0.150. The number of carbonyl (C=O) groups excluding carboxylic acids is 1. The highest BCUT2D eigenvalue weighted by Crippen LogP contribution is 2.22.